The number of non-ortho nitro benzene ring substituents is 1. The van der Waals surface area contributed by atoms with Crippen LogP contribution < -0.4 is 10.2 Å². The molecule has 1 aliphatic rings. The second kappa shape index (κ2) is 9.03. The molecular formula is C22H25N7O2. The van der Waals surface area contributed by atoms with Gasteiger partial charge in [-0.05, 0) is 26.2 Å². The van der Waals surface area contributed by atoms with E-state index in [0.29, 0.717) is 11.4 Å². The molecule has 31 heavy (non-hydrogen) atoms. The van der Waals surface area contributed by atoms with E-state index in [1.54, 1.807) is 18.5 Å². The van der Waals surface area contributed by atoms with Crippen molar-refractivity contribution in [3.8, 4) is 11.4 Å². The van der Waals surface area contributed by atoms with Crippen molar-refractivity contribution in [1.29, 1.82) is 0 Å². The Bertz CT molecular complexity index is 1080. The Morgan fingerprint density at radius 1 is 1.16 bits per heavy atom. The molecule has 1 N–H and O–H groups in total. The first-order chi connectivity index (χ1) is 15.0. The van der Waals surface area contributed by atoms with Crippen LogP contribution in [-0.2, 0) is 6.42 Å². The van der Waals surface area contributed by atoms with Crippen LogP contribution in [0.25, 0.3) is 11.4 Å². The lowest BCUT2D eigenvalue weighted by atomic mass is 10.0. The topological polar surface area (TPSA) is 110 Å². The molecular weight excluding hydrogens is 394 g/mol. The minimum Gasteiger partial charge on any atom is -0.367 e. The van der Waals surface area contributed by atoms with Gasteiger partial charge < -0.3 is 10.2 Å². The van der Waals surface area contributed by atoms with Crippen LogP contribution in [-0.4, -0.2) is 44.0 Å². The average Bonchev–Trinajstić information content (AvgIpc) is 2.79. The summed E-state index contributed by atoms with van der Waals surface area (Å²) in [7, 11) is 0. The summed E-state index contributed by atoms with van der Waals surface area (Å²) in [4.78, 5) is 30.8. The van der Waals surface area contributed by atoms with Gasteiger partial charge in [-0.25, -0.2) is 19.9 Å². The van der Waals surface area contributed by atoms with Gasteiger partial charge in [-0.2, -0.15) is 0 Å². The lowest BCUT2D eigenvalue weighted by molar-refractivity contribution is -0.384. The Kier molecular flexibility index (Phi) is 6.01. The van der Waals surface area contributed by atoms with Crippen LogP contribution in [0.5, 0.6) is 0 Å². The first-order valence-corrected chi connectivity index (χ1v) is 10.4. The van der Waals surface area contributed by atoms with Crippen LogP contribution in [0.3, 0.4) is 0 Å². The molecule has 9 heteroatoms. The van der Waals surface area contributed by atoms with E-state index >= 15 is 0 Å². The van der Waals surface area contributed by atoms with Crippen molar-refractivity contribution in [1.82, 2.24) is 19.9 Å². The standard InChI is InChI=1S/C22H25N7O2/c1-3-17-13-21(24-14-23-17)28-9-7-18(8-10-28)26-20-11-15(2)25-22(27-20)16-5-4-6-19(12-16)29(30)31/h4-6,11-14,18H,3,7-10H2,1-2H3,(H,25,26,27). The molecule has 1 fully saturated rings. The fourth-order valence-corrected chi connectivity index (χ4v) is 3.74. The predicted molar refractivity (Wildman–Crippen MR) is 119 cm³/mol. The number of piperidine rings is 1. The maximum absolute atomic E-state index is 11.1. The molecule has 0 amide bonds. The molecule has 1 saturated heterocycles. The van der Waals surface area contributed by atoms with E-state index < -0.39 is 4.92 Å². The van der Waals surface area contributed by atoms with E-state index in [1.165, 1.54) is 12.1 Å². The zero-order valence-corrected chi connectivity index (χ0v) is 17.7. The second-order valence-corrected chi connectivity index (χ2v) is 7.65. The van der Waals surface area contributed by atoms with E-state index in [0.717, 1.165) is 55.4 Å². The minimum absolute atomic E-state index is 0.0282. The number of hydrogen-bond acceptors (Lipinski definition) is 8. The molecule has 4 rings (SSSR count). The summed E-state index contributed by atoms with van der Waals surface area (Å²) in [6.45, 7) is 5.80. The fourth-order valence-electron chi connectivity index (χ4n) is 3.74. The zero-order valence-electron chi connectivity index (χ0n) is 17.7. The third-order valence-electron chi connectivity index (χ3n) is 5.41. The van der Waals surface area contributed by atoms with Gasteiger partial charge >= 0.3 is 0 Å². The third-order valence-corrected chi connectivity index (χ3v) is 5.41. The van der Waals surface area contributed by atoms with Crippen LogP contribution in [0.1, 0.15) is 31.2 Å². The molecule has 1 aromatic carbocycles. The normalized spacial score (nSPS) is 14.5. The van der Waals surface area contributed by atoms with Crippen molar-refractivity contribution >= 4 is 17.3 Å². The summed E-state index contributed by atoms with van der Waals surface area (Å²) in [6, 6.07) is 10.7. The Hall–Kier alpha value is -3.62. The molecule has 3 heterocycles. The Morgan fingerprint density at radius 3 is 2.71 bits per heavy atom. The number of nitrogens with one attached hydrogen (secondary N) is 1. The van der Waals surface area contributed by atoms with Crippen molar-refractivity contribution < 1.29 is 4.92 Å². The van der Waals surface area contributed by atoms with Gasteiger partial charge in [0.15, 0.2) is 5.82 Å². The van der Waals surface area contributed by atoms with E-state index in [2.05, 4.69) is 43.1 Å². The van der Waals surface area contributed by atoms with Crippen LogP contribution in [0, 0.1) is 17.0 Å². The first kappa shape index (κ1) is 20.6. The smallest absolute Gasteiger partial charge is 0.270 e. The lowest BCUT2D eigenvalue weighted by Crippen LogP contribution is -2.39. The maximum atomic E-state index is 11.1. The van der Waals surface area contributed by atoms with Gasteiger partial charge in [0.25, 0.3) is 5.69 Å². The summed E-state index contributed by atoms with van der Waals surface area (Å²) in [5, 5.41) is 14.6. The molecule has 160 valence electrons. The molecule has 2 aromatic heterocycles. The summed E-state index contributed by atoms with van der Waals surface area (Å²) in [5.41, 5.74) is 2.52. The number of hydrogen-bond donors (Lipinski definition) is 1. The first-order valence-electron chi connectivity index (χ1n) is 10.4. The van der Waals surface area contributed by atoms with E-state index in [4.69, 9.17) is 0 Å². The van der Waals surface area contributed by atoms with Crippen LogP contribution >= 0.6 is 0 Å². The third kappa shape index (κ3) is 4.93. The van der Waals surface area contributed by atoms with Crippen LogP contribution in [0.15, 0.2) is 42.7 Å². The minimum atomic E-state index is -0.409. The summed E-state index contributed by atoms with van der Waals surface area (Å²) in [5.74, 6) is 2.20. The monoisotopic (exact) mass is 419 g/mol. The number of nitro benzene ring substituents is 1. The molecule has 0 atom stereocenters. The predicted octanol–water partition coefficient (Wildman–Crippen LogP) is 3.79. The number of nitro groups is 1. The quantitative estimate of drug-likeness (QED) is 0.475. The maximum Gasteiger partial charge on any atom is 0.270 e. The number of rotatable bonds is 6. The van der Waals surface area contributed by atoms with Gasteiger partial charge in [0.05, 0.1) is 4.92 Å². The van der Waals surface area contributed by atoms with Crippen LogP contribution in [0.2, 0.25) is 0 Å². The number of anilines is 2. The summed E-state index contributed by atoms with van der Waals surface area (Å²) in [6.07, 6.45) is 4.45. The second-order valence-electron chi connectivity index (χ2n) is 7.65. The summed E-state index contributed by atoms with van der Waals surface area (Å²) < 4.78 is 0. The van der Waals surface area contributed by atoms with Crippen LogP contribution in [0.4, 0.5) is 17.3 Å². The fraction of sp³-hybridized carbons (Fsp3) is 0.364. The molecule has 3 aromatic rings. The number of aromatic nitrogens is 4. The molecule has 1 aliphatic heterocycles. The largest absolute Gasteiger partial charge is 0.367 e. The molecule has 0 radical (unpaired) electrons. The van der Waals surface area contributed by atoms with Crippen molar-refractivity contribution in [3.63, 3.8) is 0 Å². The SMILES string of the molecule is CCc1cc(N2CCC(Nc3cc(C)nc(-c4cccc([N+](=O)[O-])c4)n3)CC2)ncn1. The zero-order chi connectivity index (χ0) is 21.8. The number of aryl methyl sites for hydroxylation is 2. The Labute approximate surface area is 180 Å². The molecule has 0 aliphatic carbocycles. The molecule has 9 nitrogen and oxygen atoms in total. The summed E-state index contributed by atoms with van der Waals surface area (Å²) >= 11 is 0. The number of nitrogens with zero attached hydrogens (tertiary/aromatic N) is 6. The van der Waals surface area contributed by atoms with Crippen molar-refractivity contribution in [2.24, 2.45) is 0 Å². The van der Waals surface area contributed by atoms with Gasteiger partial charge in [-0.1, -0.05) is 19.1 Å². The molecule has 0 spiro atoms. The highest BCUT2D eigenvalue weighted by molar-refractivity contribution is 5.61. The van der Waals surface area contributed by atoms with E-state index in [9.17, 15) is 10.1 Å². The van der Waals surface area contributed by atoms with Crippen molar-refractivity contribution in [2.75, 3.05) is 23.3 Å². The van der Waals surface area contributed by atoms with Gasteiger partial charge in [0, 0.05) is 60.3 Å². The van der Waals surface area contributed by atoms with E-state index in [1.807, 2.05) is 13.0 Å². The van der Waals surface area contributed by atoms with Crippen molar-refractivity contribution in [2.45, 2.75) is 39.2 Å². The highest BCUT2D eigenvalue weighted by atomic mass is 16.6. The van der Waals surface area contributed by atoms with Gasteiger partial charge in [-0.3, -0.25) is 10.1 Å². The molecule has 0 unspecified atom stereocenters. The van der Waals surface area contributed by atoms with Gasteiger partial charge in [-0.15, -0.1) is 0 Å². The highest BCUT2D eigenvalue weighted by Crippen LogP contribution is 2.24. The lowest BCUT2D eigenvalue weighted by Gasteiger charge is -2.33. The molecule has 0 bridgehead atoms. The molecule has 0 saturated carbocycles. The van der Waals surface area contributed by atoms with Crippen molar-refractivity contribution in [3.05, 3.63) is 64.2 Å². The Morgan fingerprint density at radius 2 is 1.97 bits per heavy atom. The van der Waals surface area contributed by atoms with Gasteiger partial charge in [0.1, 0.15) is 18.0 Å². The van der Waals surface area contributed by atoms with Gasteiger partial charge in [0.2, 0.25) is 0 Å². The van der Waals surface area contributed by atoms with E-state index in [-0.39, 0.29) is 11.7 Å². The Balaban J connectivity index is 1.44. The average molecular weight is 419 g/mol. The highest BCUT2D eigenvalue weighted by Gasteiger charge is 2.21. The number of benzene rings is 1.